The Kier molecular flexibility index (Phi) is 1.97. The van der Waals surface area contributed by atoms with Crippen molar-refractivity contribution in [3.63, 3.8) is 0 Å². The zero-order chi connectivity index (χ0) is 9.26. The van der Waals surface area contributed by atoms with Crippen LogP contribution in [0.1, 0.15) is 18.9 Å². The van der Waals surface area contributed by atoms with Crippen molar-refractivity contribution in [2.24, 2.45) is 0 Å². The fraction of sp³-hybridized carbons (Fsp3) is 0.273. The van der Waals surface area contributed by atoms with Gasteiger partial charge in [-0.2, -0.15) is 0 Å². The predicted octanol–water partition coefficient (Wildman–Crippen LogP) is 2.61. The van der Waals surface area contributed by atoms with Crippen molar-refractivity contribution in [3.05, 3.63) is 29.8 Å². The molecule has 1 aliphatic heterocycles. The number of hydrogen-bond acceptors (Lipinski definition) is 2. The Morgan fingerprint density at radius 1 is 1.46 bits per heavy atom. The molecule has 0 bridgehead atoms. The van der Waals surface area contributed by atoms with Gasteiger partial charge in [0.1, 0.15) is 5.75 Å². The molecule has 13 heavy (non-hydrogen) atoms. The fourth-order valence-electron chi connectivity index (χ4n) is 1.53. The Balaban J connectivity index is 2.35. The largest absolute Gasteiger partial charge is 0.508 e. The van der Waals surface area contributed by atoms with E-state index in [4.69, 9.17) is 0 Å². The number of aromatic hydroxyl groups is 1. The van der Waals surface area contributed by atoms with E-state index in [1.807, 2.05) is 6.07 Å². The summed E-state index contributed by atoms with van der Waals surface area (Å²) in [5.41, 5.74) is 2.16. The van der Waals surface area contributed by atoms with Crippen LogP contribution in [0.15, 0.2) is 24.3 Å². The summed E-state index contributed by atoms with van der Waals surface area (Å²) in [6.45, 7) is 2.15. The first-order chi connectivity index (χ1) is 6.29. The molecule has 1 heterocycles. The lowest BCUT2D eigenvalue weighted by molar-refractivity contribution is 0.475. The molecule has 68 valence electrons. The summed E-state index contributed by atoms with van der Waals surface area (Å²) >= 11 is 0. The van der Waals surface area contributed by atoms with Gasteiger partial charge in [-0.3, -0.25) is 0 Å². The number of nitrogens with one attached hydrogen (secondary N) is 1. The van der Waals surface area contributed by atoms with Crippen molar-refractivity contribution in [1.82, 2.24) is 0 Å². The number of rotatable bonds is 1. The average Bonchev–Trinajstić information content (AvgIpc) is 2.17. The maximum absolute atomic E-state index is 9.25. The second kappa shape index (κ2) is 3.13. The first-order valence-corrected chi connectivity index (χ1v) is 4.57. The minimum atomic E-state index is 0.320. The van der Waals surface area contributed by atoms with Crippen LogP contribution in [0.5, 0.6) is 5.75 Å². The van der Waals surface area contributed by atoms with E-state index >= 15 is 0 Å². The van der Waals surface area contributed by atoms with E-state index in [2.05, 4.69) is 24.4 Å². The van der Waals surface area contributed by atoms with Crippen LogP contribution < -0.4 is 5.32 Å². The fourth-order valence-corrected chi connectivity index (χ4v) is 1.53. The second-order valence-electron chi connectivity index (χ2n) is 3.29. The predicted molar refractivity (Wildman–Crippen MR) is 54.8 cm³/mol. The van der Waals surface area contributed by atoms with Gasteiger partial charge in [0.15, 0.2) is 0 Å². The Morgan fingerprint density at radius 3 is 3.08 bits per heavy atom. The second-order valence-corrected chi connectivity index (χ2v) is 3.29. The zero-order valence-electron chi connectivity index (χ0n) is 7.62. The zero-order valence-corrected chi connectivity index (χ0v) is 7.62. The summed E-state index contributed by atoms with van der Waals surface area (Å²) in [7, 11) is 0. The van der Waals surface area contributed by atoms with Crippen LogP contribution in [0.25, 0.3) is 6.08 Å². The molecule has 0 aliphatic carbocycles. The Hall–Kier alpha value is -1.44. The van der Waals surface area contributed by atoms with Crippen LogP contribution >= 0.6 is 0 Å². The van der Waals surface area contributed by atoms with Crippen molar-refractivity contribution < 1.29 is 5.11 Å². The van der Waals surface area contributed by atoms with Gasteiger partial charge in [0.2, 0.25) is 0 Å². The standard InChI is InChI=1S/C11H13NO/c1-2-9-4-3-8-7-10(13)5-6-11(8)12-9/h3-7,9,12-13H,2H2,1H3. The molecule has 2 heteroatoms. The monoisotopic (exact) mass is 175 g/mol. The Labute approximate surface area is 77.9 Å². The molecule has 0 amide bonds. The number of anilines is 1. The summed E-state index contributed by atoms with van der Waals surface area (Å²) < 4.78 is 0. The number of phenols is 1. The topological polar surface area (TPSA) is 32.3 Å². The van der Waals surface area contributed by atoms with Gasteiger partial charge < -0.3 is 10.4 Å². The first-order valence-electron chi connectivity index (χ1n) is 4.57. The van der Waals surface area contributed by atoms with Crippen LogP contribution in [0.2, 0.25) is 0 Å². The van der Waals surface area contributed by atoms with Crippen LogP contribution in [0.4, 0.5) is 5.69 Å². The molecule has 2 N–H and O–H groups in total. The third kappa shape index (κ3) is 1.52. The minimum Gasteiger partial charge on any atom is -0.508 e. The highest BCUT2D eigenvalue weighted by atomic mass is 16.3. The molecule has 1 aliphatic rings. The third-order valence-corrected chi connectivity index (χ3v) is 2.32. The smallest absolute Gasteiger partial charge is 0.116 e. The average molecular weight is 175 g/mol. The van der Waals surface area contributed by atoms with E-state index in [-0.39, 0.29) is 0 Å². The highest BCUT2D eigenvalue weighted by molar-refractivity contribution is 5.72. The number of fused-ring (bicyclic) bond motifs is 1. The lowest BCUT2D eigenvalue weighted by Gasteiger charge is -2.20. The summed E-state index contributed by atoms with van der Waals surface area (Å²) in [5, 5.41) is 12.6. The van der Waals surface area contributed by atoms with Crippen molar-refractivity contribution in [3.8, 4) is 5.75 Å². The van der Waals surface area contributed by atoms with E-state index < -0.39 is 0 Å². The van der Waals surface area contributed by atoms with Crippen molar-refractivity contribution in [1.29, 1.82) is 0 Å². The molecule has 1 atom stereocenters. The lowest BCUT2D eigenvalue weighted by Crippen LogP contribution is -2.18. The summed E-state index contributed by atoms with van der Waals surface area (Å²) in [6.07, 6.45) is 5.26. The molecule has 2 nitrogen and oxygen atoms in total. The molecule has 2 rings (SSSR count). The molecular weight excluding hydrogens is 162 g/mol. The van der Waals surface area contributed by atoms with Gasteiger partial charge in [-0.25, -0.2) is 0 Å². The number of hydrogen-bond donors (Lipinski definition) is 2. The molecule has 0 spiro atoms. The van der Waals surface area contributed by atoms with Crippen molar-refractivity contribution >= 4 is 11.8 Å². The third-order valence-electron chi connectivity index (χ3n) is 2.32. The minimum absolute atomic E-state index is 0.320. The van der Waals surface area contributed by atoms with Crippen LogP contribution in [-0.2, 0) is 0 Å². The van der Waals surface area contributed by atoms with Gasteiger partial charge in [0.25, 0.3) is 0 Å². The van der Waals surface area contributed by atoms with Crippen LogP contribution in [0, 0.1) is 0 Å². The highest BCUT2D eigenvalue weighted by Crippen LogP contribution is 2.27. The van der Waals surface area contributed by atoms with Crippen LogP contribution in [0.3, 0.4) is 0 Å². The van der Waals surface area contributed by atoms with Gasteiger partial charge in [0, 0.05) is 17.3 Å². The molecule has 0 saturated heterocycles. The normalized spacial score (nSPS) is 19.3. The van der Waals surface area contributed by atoms with E-state index in [1.54, 1.807) is 12.1 Å². The lowest BCUT2D eigenvalue weighted by atomic mass is 10.0. The summed E-state index contributed by atoms with van der Waals surface area (Å²) in [6, 6.07) is 5.82. The van der Waals surface area contributed by atoms with Crippen molar-refractivity contribution in [2.45, 2.75) is 19.4 Å². The van der Waals surface area contributed by atoms with E-state index in [1.165, 1.54) is 0 Å². The number of phenolic OH excluding ortho intramolecular Hbond substituents is 1. The van der Waals surface area contributed by atoms with Gasteiger partial charge in [-0.05, 0) is 24.6 Å². The molecule has 0 aromatic heterocycles. The van der Waals surface area contributed by atoms with Crippen LogP contribution in [-0.4, -0.2) is 11.1 Å². The van der Waals surface area contributed by atoms with Gasteiger partial charge >= 0.3 is 0 Å². The molecule has 0 saturated carbocycles. The maximum Gasteiger partial charge on any atom is 0.116 e. The molecule has 0 fully saturated rings. The van der Waals surface area contributed by atoms with Gasteiger partial charge in [0.05, 0.1) is 0 Å². The van der Waals surface area contributed by atoms with Gasteiger partial charge in [-0.1, -0.05) is 19.1 Å². The summed E-state index contributed by atoms with van der Waals surface area (Å²) in [5.74, 6) is 0.320. The molecule has 1 aromatic rings. The molecule has 1 aromatic carbocycles. The van der Waals surface area contributed by atoms with Crippen molar-refractivity contribution in [2.75, 3.05) is 5.32 Å². The van der Waals surface area contributed by atoms with Gasteiger partial charge in [-0.15, -0.1) is 0 Å². The SMILES string of the molecule is CCC1C=Cc2cc(O)ccc2N1. The Morgan fingerprint density at radius 2 is 2.31 bits per heavy atom. The van der Waals surface area contributed by atoms with E-state index in [0.717, 1.165) is 17.7 Å². The van der Waals surface area contributed by atoms with E-state index in [0.29, 0.717) is 11.8 Å². The molecule has 1 unspecified atom stereocenters. The number of benzene rings is 1. The highest BCUT2D eigenvalue weighted by Gasteiger charge is 2.10. The van der Waals surface area contributed by atoms with E-state index in [9.17, 15) is 5.11 Å². The quantitative estimate of drug-likeness (QED) is 0.643. The molecule has 0 radical (unpaired) electrons. The molecular formula is C11H13NO. The summed E-state index contributed by atoms with van der Waals surface area (Å²) in [4.78, 5) is 0. The maximum atomic E-state index is 9.25. The Bertz CT molecular complexity index is 344. The first kappa shape index (κ1) is 8.17.